The van der Waals surface area contributed by atoms with Crippen LogP contribution in [0.15, 0.2) is 80.4 Å². The Bertz CT molecular complexity index is 2570. The fraction of sp³-hybridized carbons (Fsp3) is 0.368. The van der Waals surface area contributed by atoms with Crippen molar-refractivity contribution in [1.82, 2.24) is 37.4 Å². The second kappa shape index (κ2) is 17.1. The monoisotopic (exact) mass is 756 g/mol. The second-order valence-electron chi connectivity index (χ2n) is 13.6. The van der Waals surface area contributed by atoms with Crippen LogP contribution in [0.4, 0.5) is 11.4 Å². The fourth-order valence-corrected chi connectivity index (χ4v) is 5.69. The molecule has 292 valence electrons. The Morgan fingerprint density at radius 1 is 0.673 bits per heavy atom. The molecule has 0 saturated heterocycles. The number of aliphatic carboxylic acids is 1. The van der Waals surface area contributed by atoms with Crippen LogP contribution in [0, 0.1) is 0 Å². The highest BCUT2D eigenvalue weighted by Gasteiger charge is 2.19. The van der Waals surface area contributed by atoms with Gasteiger partial charge in [0, 0.05) is 53.7 Å². The van der Waals surface area contributed by atoms with Gasteiger partial charge >= 0.3 is 17.3 Å². The average Bonchev–Trinajstić information content (AvgIpc) is 3.79. The van der Waals surface area contributed by atoms with Gasteiger partial charge < -0.3 is 24.5 Å². The van der Waals surface area contributed by atoms with Crippen molar-refractivity contribution in [2.75, 3.05) is 24.3 Å². The summed E-state index contributed by atoms with van der Waals surface area (Å²) in [6, 6.07) is 16.4. The van der Waals surface area contributed by atoms with E-state index in [0.29, 0.717) is 11.8 Å². The third kappa shape index (κ3) is 8.83. The Morgan fingerprint density at radius 3 is 1.45 bits per heavy atom. The minimum atomic E-state index is -1.08. The van der Waals surface area contributed by atoms with Crippen molar-refractivity contribution in [1.29, 1.82) is 0 Å². The minimum Gasteiger partial charge on any atom is -0.480 e. The van der Waals surface area contributed by atoms with E-state index in [4.69, 9.17) is 5.11 Å². The Hall–Kier alpha value is -6.52. The number of nitrogens with zero attached hydrogens (tertiary/aromatic N) is 9. The predicted molar refractivity (Wildman–Crippen MR) is 212 cm³/mol. The number of imidazole rings is 2. The number of carbonyl (C=O) groups is 2. The zero-order valence-corrected chi connectivity index (χ0v) is 32.8. The topological polar surface area (TPSA) is 193 Å². The van der Waals surface area contributed by atoms with Crippen molar-refractivity contribution >= 4 is 45.6 Å². The Balaban J connectivity index is 0.000000204. The molecule has 0 unspecified atom stereocenters. The van der Waals surface area contributed by atoms with Gasteiger partial charge in [-0.25, -0.2) is 19.6 Å². The molecule has 0 aliphatic heterocycles. The van der Waals surface area contributed by atoms with Crippen LogP contribution >= 0.6 is 0 Å². The number of amides is 1. The number of rotatable bonds is 8. The van der Waals surface area contributed by atoms with Crippen LogP contribution < -0.4 is 32.7 Å². The summed E-state index contributed by atoms with van der Waals surface area (Å²) in [5.41, 5.74) is 3.35. The summed E-state index contributed by atoms with van der Waals surface area (Å²) in [4.78, 5) is 80.9. The smallest absolute Gasteiger partial charge is 0.332 e. The molecule has 0 bridgehead atoms. The van der Waals surface area contributed by atoms with Crippen molar-refractivity contribution in [3.8, 4) is 0 Å². The van der Waals surface area contributed by atoms with E-state index in [1.807, 2.05) is 31.3 Å². The number of hydrogen-bond acceptors (Lipinski definition) is 9. The number of nitrogens with one attached hydrogen (secondary N) is 1. The van der Waals surface area contributed by atoms with Crippen LogP contribution in [-0.2, 0) is 50.9 Å². The van der Waals surface area contributed by atoms with Gasteiger partial charge in [0.1, 0.15) is 13.1 Å². The molecule has 0 aliphatic carbocycles. The van der Waals surface area contributed by atoms with Gasteiger partial charge in [-0.2, -0.15) is 0 Å². The summed E-state index contributed by atoms with van der Waals surface area (Å²) in [5, 5.41) is 11.8. The van der Waals surface area contributed by atoms with E-state index in [1.165, 1.54) is 68.9 Å². The summed E-state index contributed by atoms with van der Waals surface area (Å²) < 4.78 is 7.13. The SMILES string of the molecule is CC(C)c1ccc(N(C)C(=O)Cn2cnc3c2c(=O)n(C)c(=O)n3C)cc1.CNc1ccc(C(C)C)cc1.Cn1c(=O)c2c(ncn2CC(=O)O)n(C)c1=O. The first-order valence-electron chi connectivity index (χ1n) is 17.5. The van der Waals surface area contributed by atoms with E-state index in [2.05, 4.69) is 67.2 Å². The lowest BCUT2D eigenvalue weighted by molar-refractivity contribution is -0.137. The first kappa shape index (κ1) is 41.2. The maximum Gasteiger partial charge on any atom is 0.332 e. The minimum absolute atomic E-state index is 0.0492. The summed E-state index contributed by atoms with van der Waals surface area (Å²) >= 11 is 0. The summed E-state index contributed by atoms with van der Waals surface area (Å²) in [5.74, 6) is -0.233. The molecule has 6 aromatic rings. The quantitative estimate of drug-likeness (QED) is 0.233. The molecule has 0 atom stereocenters. The number of aryl methyl sites for hydroxylation is 2. The molecule has 0 saturated carbocycles. The van der Waals surface area contributed by atoms with Crippen molar-refractivity contribution in [3.63, 3.8) is 0 Å². The van der Waals surface area contributed by atoms with E-state index in [9.17, 15) is 28.8 Å². The molecular formula is C38H48N10O7. The van der Waals surface area contributed by atoms with Gasteiger partial charge in [-0.15, -0.1) is 0 Å². The molecule has 0 aliphatic rings. The van der Waals surface area contributed by atoms with Crippen LogP contribution in [0.1, 0.15) is 50.7 Å². The van der Waals surface area contributed by atoms with Gasteiger partial charge in [-0.05, 0) is 47.2 Å². The molecule has 17 nitrogen and oxygen atoms in total. The van der Waals surface area contributed by atoms with Crippen LogP contribution in [0.3, 0.4) is 0 Å². The number of aromatic nitrogens is 8. The highest BCUT2D eigenvalue weighted by Crippen LogP contribution is 2.20. The number of benzene rings is 2. The summed E-state index contributed by atoms with van der Waals surface area (Å²) in [6.07, 6.45) is 2.65. The normalized spacial score (nSPS) is 11.0. The van der Waals surface area contributed by atoms with Crippen molar-refractivity contribution in [2.45, 2.75) is 52.6 Å². The Kier molecular flexibility index (Phi) is 12.8. The molecule has 55 heavy (non-hydrogen) atoms. The van der Waals surface area contributed by atoms with E-state index in [0.717, 1.165) is 14.8 Å². The van der Waals surface area contributed by atoms with E-state index >= 15 is 0 Å². The highest BCUT2D eigenvalue weighted by atomic mass is 16.4. The number of hydrogen-bond donors (Lipinski definition) is 2. The first-order valence-corrected chi connectivity index (χ1v) is 17.5. The number of carboxylic acid groups (broad SMARTS) is 1. The van der Waals surface area contributed by atoms with Gasteiger partial charge in [-0.3, -0.25) is 37.4 Å². The molecule has 0 spiro atoms. The fourth-order valence-electron chi connectivity index (χ4n) is 5.69. The first-order chi connectivity index (χ1) is 25.9. The lowest BCUT2D eigenvalue weighted by atomic mass is 10.0. The number of likely N-dealkylation sites (N-methyl/N-ethyl adjacent to an activating group) is 1. The molecule has 1 amide bonds. The highest BCUT2D eigenvalue weighted by molar-refractivity contribution is 5.93. The molecule has 2 N–H and O–H groups in total. The Morgan fingerprint density at radius 2 is 1.07 bits per heavy atom. The Labute approximate surface area is 316 Å². The van der Waals surface area contributed by atoms with E-state index < -0.39 is 28.5 Å². The molecule has 6 rings (SSSR count). The van der Waals surface area contributed by atoms with Gasteiger partial charge in [-0.1, -0.05) is 52.0 Å². The summed E-state index contributed by atoms with van der Waals surface area (Å²) in [7, 11) is 9.39. The van der Waals surface area contributed by atoms with E-state index in [-0.39, 0.29) is 41.3 Å². The maximum absolute atomic E-state index is 12.7. The third-order valence-electron chi connectivity index (χ3n) is 9.23. The molecule has 2 aromatic carbocycles. The lowest BCUT2D eigenvalue weighted by Crippen LogP contribution is -2.38. The summed E-state index contributed by atoms with van der Waals surface area (Å²) in [6.45, 7) is 8.21. The van der Waals surface area contributed by atoms with Crippen molar-refractivity contribution in [3.05, 3.63) is 114 Å². The largest absolute Gasteiger partial charge is 0.480 e. The van der Waals surface area contributed by atoms with Crippen molar-refractivity contribution in [2.24, 2.45) is 28.2 Å². The number of carboxylic acids is 1. The van der Waals surface area contributed by atoms with Gasteiger partial charge in [0.05, 0.1) is 12.7 Å². The molecule has 0 fully saturated rings. The van der Waals surface area contributed by atoms with Gasteiger partial charge in [0.15, 0.2) is 22.3 Å². The molecule has 0 radical (unpaired) electrons. The number of fused-ring (bicyclic) bond motifs is 2. The van der Waals surface area contributed by atoms with E-state index in [1.54, 1.807) is 19.0 Å². The zero-order chi connectivity index (χ0) is 40.9. The van der Waals surface area contributed by atoms with Crippen LogP contribution in [-0.4, -0.2) is 68.4 Å². The van der Waals surface area contributed by atoms with Crippen LogP contribution in [0.25, 0.3) is 22.3 Å². The van der Waals surface area contributed by atoms with Crippen molar-refractivity contribution < 1.29 is 14.7 Å². The molecule has 4 aromatic heterocycles. The zero-order valence-electron chi connectivity index (χ0n) is 32.8. The maximum atomic E-state index is 12.7. The number of anilines is 2. The van der Waals surface area contributed by atoms with Crippen LogP contribution in [0.5, 0.6) is 0 Å². The van der Waals surface area contributed by atoms with Gasteiger partial charge in [0.25, 0.3) is 11.1 Å². The molecule has 4 heterocycles. The lowest BCUT2D eigenvalue weighted by Gasteiger charge is -2.18. The third-order valence-corrected chi connectivity index (χ3v) is 9.23. The molecule has 17 heteroatoms. The van der Waals surface area contributed by atoms with Crippen LogP contribution in [0.2, 0.25) is 0 Å². The van der Waals surface area contributed by atoms with Gasteiger partial charge in [0.2, 0.25) is 5.91 Å². The average molecular weight is 757 g/mol. The second-order valence-corrected chi connectivity index (χ2v) is 13.6. The number of carbonyl (C=O) groups excluding carboxylic acids is 1. The molecular weight excluding hydrogens is 708 g/mol. The predicted octanol–water partition coefficient (Wildman–Crippen LogP) is 2.59. The standard InChI is InChI=1S/C19H23N5O3.C10H15N.C9H10N4O4/c1-12(2)13-6-8-14(9-7-13)21(3)15(25)10-24-11-20-17-16(24)18(26)23(5)19(27)22(17)4;1-8(2)9-4-6-10(11-3)7-5-9;1-11-7-6(8(16)12(2)9(11)17)13(4-10-7)3-5(14)15/h6-9,11-12H,10H2,1-5H3;4-8,11H,1-3H3;4H,3H2,1-2H3,(H,14,15).